The molecular formula is C17H26N2S. The summed E-state index contributed by atoms with van der Waals surface area (Å²) in [7, 11) is 0. The summed E-state index contributed by atoms with van der Waals surface area (Å²) >= 11 is 5.52. The summed E-state index contributed by atoms with van der Waals surface area (Å²) in [6, 6.07) is 6.38. The predicted molar refractivity (Wildman–Crippen MR) is 91.3 cm³/mol. The number of nitrogens with one attached hydrogen (secondary N) is 2. The third-order valence-corrected chi connectivity index (χ3v) is 4.93. The lowest BCUT2D eigenvalue weighted by Gasteiger charge is -2.35. The van der Waals surface area contributed by atoms with Crippen molar-refractivity contribution in [3.05, 3.63) is 29.3 Å². The molecule has 0 radical (unpaired) electrons. The van der Waals surface area contributed by atoms with E-state index in [4.69, 9.17) is 12.2 Å². The van der Waals surface area contributed by atoms with Crippen LogP contribution < -0.4 is 10.6 Å². The Morgan fingerprint density at radius 2 is 1.80 bits per heavy atom. The topological polar surface area (TPSA) is 24.1 Å². The number of thiocarbonyl (C=S) groups is 1. The zero-order valence-corrected chi connectivity index (χ0v) is 13.9. The van der Waals surface area contributed by atoms with E-state index in [1.807, 2.05) is 0 Å². The minimum atomic E-state index is 0.184. The summed E-state index contributed by atoms with van der Waals surface area (Å²) in [6.45, 7) is 8.83. The molecular weight excluding hydrogens is 264 g/mol. The van der Waals surface area contributed by atoms with Crippen molar-refractivity contribution in [1.29, 1.82) is 0 Å². The highest BCUT2D eigenvalue weighted by Crippen LogP contribution is 2.35. The lowest BCUT2D eigenvalue weighted by molar-refractivity contribution is 0.283. The molecule has 1 saturated carbocycles. The number of anilines is 1. The number of hydrogen-bond acceptors (Lipinski definition) is 1. The molecule has 1 aliphatic carbocycles. The van der Waals surface area contributed by atoms with Crippen molar-refractivity contribution in [2.45, 2.75) is 58.9 Å². The molecule has 1 aromatic carbocycles. The second-order valence-corrected chi connectivity index (χ2v) is 6.80. The molecule has 0 aromatic heterocycles. The van der Waals surface area contributed by atoms with Crippen LogP contribution >= 0.6 is 12.2 Å². The first-order chi connectivity index (χ1) is 9.43. The van der Waals surface area contributed by atoms with Crippen LogP contribution in [0.15, 0.2) is 18.2 Å². The summed E-state index contributed by atoms with van der Waals surface area (Å²) < 4.78 is 0. The summed E-state index contributed by atoms with van der Waals surface area (Å²) in [5.41, 5.74) is 3.85. The van der Waals surface area contributed by atoms with Crippen molar-refractivity contribution >= 4 is 23.0 Å². The summed E-state index contributed by atoms with van der Waals surface area (Å²) in [5, 5.41) is 7.69. The zero-order chi connectivity index (χ0) is 14.8. The molecule has 1 fully saturated rings. The number of aryl methyl sites for hydroxylation is 2. The fraction of sp³-hybridized carbons (Fsp3) is 0.588. The average molecular weight is 290 g/mol. The largest absolute Gasteiger partial charge is 0.357 e. The molecule has 1 aromatic rings. The van der Waals surface area contributed by atoms with Crippen LogP contribution in [0.25, 0.3) is 0 Å². The molecule has 3 heteroatoms. The Kier molecular flexibility index (Phi) is 4.69. The van der Waals surface area contributed by atoms with Gasteiger partial charge < -0.3 is 10.6 Å². The molecule has 2 rings (SSSR count). The maximum absolute atomic E-state index is 5.52. The molecule has 2 nitrogen and oxygen atoms in total. The molecule has 0 unspecified atom stereocenters. The van der Waals surface area contributed by atoms with Crippen molar-refractivity contribution in [3.63, 3.8) is 0 Å². The fourth-order valence-corrected chi connectivity index (χ4v) is 3.38. The van der Waals surface area contributed by atoms with Gasteiger partial charge in [0.1, 0.15) is 0 Å². The number of benzene rings is 1. The summed E-state index contributed by atoms with van der Waals surface area (Å²) in [4.78, 5) is 0. The predicted octanol–water partition coefficient (Wildman–Crippen LogP) is 4.56. The average Bonchev–Trinajstić information content (AvgIpc) is 2.83. The zero-order valence-electron chi connectivity index (χ0n) is 13.0. The van der Waals surface area contributed by atoms with Crippen LogP contribution in [0.5, 0.6) is 0 Å². The maximum atomic E-state index is 5.52. The standard InChI is InChI=1S/C17H26N2S/c1-12(2)17(9-5-6-10-17)19-16(20)18-15-8-7-13(3)14(4)11-15/h7-8,11-12H,5-6,9-10H2,1-4H3,(H2,18,19,20). The van der Waals surface area contributed by atoms with Crippen molar-refractivity contribution in [3.8, 4) is 0 Å². The fourth-order valence-electron chi connectivity index (χ4n) is 3.06. The summed E-state index contributed by atoms with van der Waals surface area (Å²) in [5.74, 6) is 0.601. The Hall–Kier alpha value is -1.09. The van der Waals surface area contributed by atoms with Crippen LogP contribution in [0, 0.1) is 19.8 Å². The van der Waals surface area contributed by atoms with Gasteiger partial charge >= 0.3 is 0 Å². The van der Waals surface area contributed by atoms with Crippen LogP contribution in [0.2, 0.25) is 0 Å². The Morgan fingerprint density at radius 1 is 1.15 bits per heavy atom. The summed E-state index contributed by atoms with van der Waals surface area (Å²) in [6.07, 6.45) is 5.05. The van der Waals surface area contributed by atoms with Gasteiger partial charge in [-0.2, -0.15) is 0 Å². The molecule has 0 atom stereocenters. The van der Waals surface area contributed by atoms with E-state index >= 15 is 0 Å². The highest BCUT2D eigenvalue weighted by molar-refractivity contribution is 7.80. The van der Waals surface area contributed by atoms with Crippen molar-refractivity contribution < 1.29 is 0 Å². The number of rotatable bonds is 3. The van der Waals surface area contributed by atoms with Crippen LogP contribution in [0.3, 0.4) is 0 Å². The second kappa shape index (κ2) is 6.13. The van der Waals surface area contributed by atoms with E-state index in [0.717, 1.165) is 10.8 Å². The number of hydrogen-bond donors (Lipinski definition) is 2. The van der Waals surface area contributed by atoms with Gasteiger partial charge in [0.2, 0.25) is 0 Å². The second-order valence-electron chi connectivity index (χ2n) is 6.40. The maximum Gasteiger partial charge on any atom is 0.171 e. The van der Waals surface area contributed by atoms with Crippen LogP contribution in [-0.4, -0.2) is 10.7 Å². The molecule has 0 bridgehead atoms. The highest BCUT2D eigenvalue weighted by atomic mass is 32.1. The molecule has 110 valence electrons. The van der Waals surface area contributed by atoms with Gasteiger partial charge in [-0.1, -0.05) is 32.8 Å². The third kappa shape index (κ3) is 3.32. The lowest BCUT2D eigenvalue weighted by Crippen LogP contribution is -2.51. The van der Waals surface area contributed by atoms with E-state index < -0.39 is 0 Å². The van der Waals surface area contributed by atoms with Crippen LogP contribution in [-0.2, 0) is 0 Å². The third-order valence-electron chi connectivity index (χ3n) is 4.73. The van der Waals surface area contributed by atoms with Crippen molar-refractivity contribution in [1.82, 2.24) is 5.32 Å². The van der Waals surface area contributed by atoms with Crippen molar-refractivity contribution in [2.24, 2.45) is 5.92 Å². The van der Waals surface area contributed by atoms with E-state index in [0.29, 0.717) is 5.92 Å². The SMILES string of the molecule is Cc1ccc(NC(=S)NC2(C(C)C)CCCC2)cc1C. The Bertz CT molecular complexity index is 488. The molecule has 2 N–H and O–H groups in total. The lowest BCUT2D eigenvalue weighted by atomic mass is 9.85. The molecule has 0 heterocycles. The van der Waals surface area contributed by atoms with Gasteiger partial charge in [-0.05, 0) is 68.1 Å². The Morgan fingerprint density at radius 3 is 2.35 bits per heavy atom. The van der Waals surface area contributed by atoms with E-state index in [-0.39, 0.29) is 5.54 Å². The normalized spacial score (nSPS) is 17.2. The molecule has 0 saturated heterocycles. The first-order valence-corrected chi connectivity index (χ1v) is 8.00. The van der Waals surface area contributed by atoms with Crippen molar-refractivity contribution in [2.75, 3.05) is 5.32 Å². The first-order valence-electron chi connectivity index (χ1n) is 7.59. The quantitative estimate of drug-likeness (QED) is 0.798. The van der Waals surface area contributed by atoms with Gasteiger partial charge in [-0.25, -0.2) is 0 Å². The van der Waals surface area contributed by atoms with Crippen LogP contribution in [0.1, 0.15) is 50.7 Å². The van der Waals surface area contributed by atoms with Gasteiger partial charge in [0, 0.05) is 11.2 Å². The monoisotopic (exact) mass is 290 g/mol. The van der Waals surface area contributed by atoms with Gasteiger partial charge in [0.05, 0.1) is 0 Å². The van der Waals surface area contributed by atoms with Crippen LogP contribution in [0.4, 0.5) is 5.69 Å². The van der Waals surface area contributed by atoms with Gasteiger partial charge in [0.15, 0.2) is 5.11 Å². The molecule has 0 spiro atoms. The van der Waals surface area contributed by atoms with E-state index in [1.165, 1.54) is 36.8 Å². The van der Waals surface area contributed by atoms with Gasteiger partial charge in [-0.3, -0.25) is 0 Å². The van der Waals surface area contributed by atoms with Gasteiger partial charge in [0.25, 0.3) is 0 Å². The van der Waals surface area contributed by atoms with E-state index in [9.17, 15) is 0 Å². The molecule has 1 aliphatic rings. The first kappa shape index (κ1) is 15.3. The minimum absolute atomic E-state index is 0.184. The Labute approximate surface area is 128 Å². The Balaban J connectivity index is 2.03. The smallest absolute Gasteiger partial charge is 0.171 e. The van der Waals surface area contributed by atoms with E-state index in [2.05, 4.69) is 56.5 Å². The minimum Gasteiger partial charge on any atom is -0.357 e. The molecule has 0 aliphatic heterocycles. The molecule has 20 heavy (non-hydrogen) atoms. The van der Waals surface area contributed by atoms with E-state index in [1.54, 1.807) is 0 Å². The van der Waals surface area contributed by atoms with Gasteiger partial charge in [-0.15, -0.1) is 0 Å². The highest BCUT2D eigenvalue weighted by Gasteiger charge is 2.37. The molecule has 0 amide bonds.